The highest BCUT2D eigenvalue weighted by Crippen LogP contribution is 2.08. The molecule has 1 saturated heterocycles. The lowest BCUT2D eigenvalue weighted by molar-refractivity contribution is -0.139. The van der Waals surface area contributed by atoms with E-state index >= 15 is 0 Å². The van der Waals surface area contributed by atoms with Crippen molar-refractivity contribution in [1.82, 2.24) is 10.2 Å². The first-order valence-corrected chi connectivity index (χ1v) is 6.08. The average Bonchev–Trinajstić information content (AvgIpc) is 2.29. The van der Waals surface area contributed by atoms with Crippen LogP contribution in [0.5, 0.6) is 0 Å². The molecule has 0 radical (unpaired) electrons. The molecule has 1 rings (SSSR count). The first-order chi connectivity index (χ1) is 8.04. The van der Waals surface area contributed by atoms with E-state index in [1.807, 2.05) is 6.92 Å². The maximum Gasteiger partial charge on any atom is 0.326 e. The van der Waals surface area contributed by atoms with Gasteiger partial charge in [-0.3, -0.25) is 0 Å². The average molecular weight is 243 g/mol. The fourth-order valence-electron chi connectivity index (χ4n) is 1.89. The van der Waals surface area contributed by atoms with E-state index in [2.05, 4.69) is 5.32 Å². The lowest BCUT2D eigenvalue weighted by atomic mass is 10.1. The summed E-state index contributed by atoms with van der Waals surface area (Å²) in [6.07, 6.45) is 2.73. The van der Waals surface area contributed by atoms with Crippen molar-refractivity contribution in [2.24, 2.45) is 5.73 Å². The number of likely N-dealkylation sites (tertiary alicyclic amines) is 1. The molecule has 0 bridgehead atoms. The summed E-state index contributed by atoms with van der Waals surface area (Å²) in [5, 5.41) is 11.5. The summed E-state index contributed by atoms with van der Waals surface area (Å²) >= 11 is 0. The molecular weight excluding hydrogens is 222 g/mol. The Balaban J connectivity index is 2.44. The Bertz CT molecular complexity index is 275. The molecule has 1 aliphatic rings. The molecule has 0 saturated carbocycles. The number of hydrogen-bond acceptors (Lipinski definition) is 3. The van der Waals surface area contributed by atoms with Gasteiger partial charge in [0.2, 0.25) is 0 Å². The third-order valence-electron chi connectivity index (χ3n) is 3.00. The molecule has 1 heterocycles. The van der Waals surface area contributed by atoms with E-state index in [4.69, 9.17) is 10.8 Å². The molecule has 0 aromatic carbocycles. The van der Waals surface area contributed by atoms with Gasteiger partial charge < -0.3 is 21.1 Å². The number of urea groups is 1. The summed E-state index contributed by atoms with van der Waals surface area (Å²) in [5.41, 5.74) is 5.74. The summed E-state index contributed by atoms with van der Waals surface area (Å²) in [6.45, 7) is 3.10. The number of carbonyl (C=O) groups is 2. The van der Waals surface area contributed by atoms with Gasteiger partial charge in [-0.25, -0.2) is 9.59 Å². The van der Waals surface area contributed by atoms with Gasteiger partial charge in [-0.15, -0.1) is 0 Å². The zero-order chi connectivity index (χ0) is 12.8. The van der Waals surface area contributed by atoms with Crippen LogP contribution in [0.3, 0.4) is 0 Å². The molecule has 6 heteroatoms. The van der Waals surface area contributed by atoms with Crippen LogP contribution in [0.4, 0.5) is 4.79 Å². The predicted molar refractivity (Wildman–Crippen MR) is 63.6 cm³/mol. The number of nitrogens with two attached hydrogens (primary N) is 1. The van der Waals surface area contributed by atoms with Gasteiger partial charge in [-0.05, 0) is 19.3 Å². The highest BCUT2D eigenvalue weighted by molar-refractivity contribution is 5.82. The molecule has 1 atom stereocenters. The number of carbonyl (C=O) groups excluding carboxylic acids is 1. The van der Waals surface area contributed by atoms with Crippen molar-refractivity contribution in [3.8, 4) is 0 Å². The fraction of sp³-hybridized carbons (Fsp3) is 0.818. The van der Waals surface area contributed by atoms with E-state index in [1.165, 1.54) is 0 Å². The maximum absolute atomic E-state index is 11.8. The van der Waals surface area contributed by atoms with E-state index in [0.29, 0.717) is 19.5 Å². The number of nitrogens with one attached hydrogen (secondary N) is 1. The van der Waals surface area contributed by atoms with Crippen LogP contribution in [-0.2, 0) is 4.79 Å². The van der Waals surface area contributed by atoms with Crippen molar-refractivity contribution in [3.05, 3.63) is 0 Å². The van der Waals surface area contributed by atoms with Gasteiger partial charge in [0.25, 0.3) is 0 Å². The molecule has 2 amide bonds. The predicted octanol–water partition coefficient (Wildman–Crippen LogP) is 0.372. The fourth-order valence-corrected chi connectivity index (χ4v) is 1.89. The Morgan fingerprint density at radius 2 is 2.06 bits per heavy atom. The number of nitrogens with zero attached hydrogens (tertiary/aromatic N) is 1. The molecule has 0 unspecified atom stereocenters. The van der Waals surface area contributed by atoms with Gasteiger partial charge in [0.1, 0.15) is 6.04 Å². The molecule has 0 aliphatic carbocycles. The first-order valence-electron chi connectivity index (χ1n) is 6.08. The zero-order valence-corrected chi connectivity index (χ0v) is 10.2. The second kappa shape index (κ2) is 6.44. The van der Waals surface area contributed by atoms with Gasteiger partial charge in [-0.2, -0.15) is 0 Å². The van der Waals surface area contributed by atoms with Crippen LogP contribution < -0.4 is 11.1 Å². The minimum absolute atomic E-state index is 0.157. The Morgan fingerprint density at radius 3 is 2.53 bits per heavy atom. The second-order valence-corrected chi connectivity index (χ2v) is 4.45. The van der Waals surface area contributed by atoms with Crippen LogP contribution in [0.1, 0.15) is 32.6 Å². The van der Waals surface area contributed by atoms with Crippen LogP contribution in [0.2, 0.25) is 0 Å². The Labute approximate surface area is 101 Å². The van der Waals surface area contributed by atoms with E-state index < -0.39 is 12.0 Å². The summed E-state index contributed by atoms with van der Waals surface area (Å²) in [5.74, 6) is -0.978. The number of piperidine rings is 1. The summed E-state index contributed by atoms with van der Waals surface area (Å²) in [7, 11) is 0. The highest BCUT2D eigenvalue weighted by Gasteiger charge is 2.24. The van der Waals surface area contributed by atoms with Crippen molar-refractivity contribution in [2.75, 3.05) is 13.1 Å². The Hall–Kier alpha value is -1.30. The third kappa shape index (κ3) is 4.22. The molecule has 0 aromatic heterocycles. The maximum atomic E-state index is 11.8. The minimum Gasteiger partial charge on any atom is -0.480 e. The molecule has 1 fully saturated rings. The van der Waals surface area contributed by atoms with Crippen molar-refractivity contribution in [3.63, 3.8) is 0 Å². The smallest absolute Gasteiger partial charge is 0.326 e. The molecule has 4 N–H and O–H groups in total. The summed E-state index contributed by atoms with van der Waals surface area (Å²) < 4.78 is 0. The normalized spacial score (nSPS) is 18.8. The Kier molecular flexibility index (Phi) is 5.21. The van der Waals surface area contributed by atoms with Gasteiger partial charge >= 0.3 is 12.0 Å². The van der Waals surface area contributed by atoms with Crippen molar-refractivity contribution < 1.29 is 14.7 Å². The largest absolute Gasteiger partial charge is 0.480 e. The second-order valence-electron chi connectivity index (χ2n) is 4.45. The molecule has 17 heavy (non-hydrogen) atoms. The van der Waals surface area contributed by atoms with Crippen LogP contribution in [-0.4, -0.2) is 47.2 Å². The zero-order valence-electron chi connectivity index (χ0n) is 10.2. The molecule has 0 aromatic rings. The van der Waals surface area contributed by atoms with Crippen molar-refractivity contribution >= 4 is 12.0 Å². The monoisotopic (exact) mass is 243 g/mol. The number of aliphatic carboxylic acids is 1. The number of amides is 2. The van der Waals surface area contributed by atoms with Crippen LogP contribution >= 0.6 is 0 Å². The molecule has 6 nitrogen and oxygen atoms in total. The third-order valence-corrected chi connectivity index (χ3v) is 3.00. The number of hydrogen-bond donors (Lipinski definition) is 3. The SMILES string of the molecule is CCC[C@@H](NC(=O)N1CCC(N)CC1)C(=O)O. The van der Waals surface area contributed by atoms with Crippen LogP contribution in [0.15, 0.2) is 0 Å². The molecule has 98 valence electrons. The van der Waals surface area contributed by atoms with E-state index in [9.17, 15) is 9.59 Å². The van der Waals surface area contributed by atoms with E-state index in [-0.39, 0.29) is 12.1 Å². The topological polar surface area (TPSA) is 95.7 Å². The standard InChI is InChI=1S/C11H21N3O3/c1-2-3-9(10(15)16)13-11(17)14-6-4-8(12)5-7-14/h8-9H,2-7,12H2,1H3,(H,13,17)(H,15,16)/t9-/m1/s1. The van der Waals surface area contributed by atoms with Gasteiger partial charge in [-0.1, -0.05) is 13.3 Å². The molecule has 1 aliphatic heterocycles. The van der Waals surface area contributed by atoms with E-state index in [1.54, 1.807) is 4.90 Å². The van der Waals surface area contributed by atoms with Gasteiger partial charge in [0, 0.05) is 19.1 Å². The highest BCUT2D eigenvalue weighted by atomic mass is 16.4. The molecular formula is C11H21N3O3. The quantitative estimate of drug-likeness (QED) is 0.664. The number of carboxylic acids is 1. The van der Waals surface area contributed by atoms with Crippen LogP contribution in [0.25, 0.3) is 0 Å². The lowest BCUT2D eigenvalue weighted by Crippen LogP contribution is -2.51. The lowest BCUT2D eigenvalue weighted by Gasteiger charge is -2.31. The summed E-state index contributed by atoms with van der Waals surface area (Å²) in [4.78, 5) is 24.3. The number of rotatable bonds is 4. The van der Waals surface area contributed by atoms with E-state index in [0.717, 1.165) is 19.3 Å². The Morgan fingerprint density at radius 1 is 1.47 bits per heavy atom. The minimum atomic E-state index is -0.978. The van der Waals surface area contributed by atoms with Crippen molar-refractivity contribution in [1.29, 1.82) is 0 Å². The van der Waals surface area contributed by atoms with Gasteiger partial charge in [0.15, 0.2) is 0 Å². The molecule has 0 spiro atoms. The number of carboxylic acid groups (broad SMARTS) is 1. The van der Waals surface area contributed by atoms with Crippen LogP contribution in [0, 0.1) is 0 Å². The summed E-state index contributed by atoms with van der Waals surface area (Å²) in [6, 6.07) is -0.925. The first kappa shape index (κ1) is 13.8. The van der Waals surface area contributed by atoms with Crippen molar-refractivity contribution in [2.45, 2.75) is 44.7 Å². The van der Waals surface area contributed by atoms with Gasteiger partial charge in [0.05, 0.1) is 0 Å².